The molecule has 0 N–H and O–H groups in total. The van der Waals surface area contributed by atoms with Crippen molar-refractivity contribution in [1.82, 2.24) is 14.0 Å². The SMILES string of the molecule is CN(C)[P+](/C=C/C1CC1)(N(C)C)N(C)C. The van der Waals surface area contributed by atoms with Gasteiger partial charge in [-0.05, 0) is 24.8 Å². The van der Waals surface area contributed by atoms with E-state index in [0.29, 0.717) is 0 Å². The molecule has 4 heteroatoms. The first-order valence-corrected chi connectivity index (χ1v) is 7.24. The van der Waals surface area contributed by atoms with Gasteiger partial charge >= 0.3 is 0 Å². The maximum Gasteiger partial charge on any atom is 0.252 e. The summed E-state index contributed by atoms with van der Waals surface area (Å²) in [6.07, 6.45) is 5.17. The molecule has 1 aliphatic rings. The molecule has 0 radical (unpaired) electrons. The largest absolute Gasteiger partial charge is 0.252 e. The lowest BCUT2D eigenvalue weighted by Gasteiger charge is -2.37. The highest BCUT2D eigenvalue weighted by atomic mass is 31.2. The van der Waals surface area contributed by atoms with Crippen molar-refractivity contribution in [2.75, 3.05) is 42.3 Å². The normalized spacial score (nSPS) is 18.7. The molecule has 0 unspecified atom stereocenters. The van der Waals surface area contributed by atoms with Crippen molar-refractivity contribution < 1.29 is 0 Å². The van der Waals surface area contributed by atoms with Crippen LogP contribution in [-0.4, -0.2) is 56.3 Å². The van der Waals surface area contributed by atoms with Crippen LogP contribution in [0.2, 0.25) is 0 Å². The van der Waals surface area contributed by atoms with Crippen molar-refractivity contribution in [3.8, 4) is 0 Å². The van der Waals surface area contributed by atoms with Crippen LogP contribution in [-0.2, 0) is 0 Å². The number of allylic oxidation sites excluding steroid dienone is 1. The standard InChI is InChI=1S/C11H25N3P/c1-12(2)15(13(3)4,14(5)6)10-9-11-7-8-11/h9-11H,7-8H2,1-6H3/q+1/b10-9+. The van der Waals surface area contributed by atoms with Crippen LogP contribution in [0.5, 0.6) is 0 Å². The van der Waals surface area contributed by atoms with E-state index in [1.54, 1.807) is 0 Å². The third kappa shape index (κ3) is 2.79. The van der Waals surface area contributed by atoms with Crippen LogP contribution < -0.4 is 0 Å². The third-order valence-electron chi connectivity index (χ3n) is 2.95. The molecule has 15 heavy (non-hydrogen) atoms. The first-order chi connectivity index (χ1) is 6.91. The van der Waals surface area contributed by atoms with E-state index < -0.39 is 7.71 Å². The summed E-state index contributed by atoms with van der Waals surface area (Å²) in [4.78, 5) is 0. The quantitative estimate of drug-likeness (QED) is 0.671. The number of nitrogens with zero attached hydrogens (tertiary/aromatic N) is 3. The number of hydrogen-bond acceptors (Lipinski definition) is 3. The molecule has 0 aromatic carbocycles. The molecular formula is C11H25N3P+. The maximum atomic E-state index is 2.44. The Hall–Kier alpha value is 0.0500. The Morgan fingerprint density at radius 2 is 1.27 bits per heavy atom. The highest BCUT2D eigenvalue weighted by molar-refractivity contribution is 7.71. The van der Waals surface area contributed by atoms with E-state index >= 15 is 0 Å². The van der Waals surface area contributed by atoms with Gasteiger partial charge in [-0.15, -0.1) is 0 Å². The average molecular weight is 230 g/mol. The van der Waals surface area contributed by atoms with E-state index in [-0.39, 0.29) is 0 Å². The van der Waals surface area contributed by atoms with Crippen LogP contribution in [0.4, 0.5) is 0 Å². The fraction of sp³-hybridized carbons (Fsp3) is 0.818. The Morgan fingerprint density at radius 1 is 0.867 bits per heavy atom. The van der Waals surface area contributed by atoms with Crippen molar-refractivity contribution in [2.24, 2.45) is 5.92 Å². The van der Waals surface area contributed by atoms with Gasteiger partial charge in [0.15, 0.2) is 0 Å². The Labute approximate surface area is 95.2 Å². The summed E-state index contributed by atoms with van der Waals surface area (Å²) in [6.45, 7) is 0. The average Bonchev–Trinajstić information content (AvgIpc) is 2.86. The number of hydrogen-bond donors (Lipinski definition) is 0. The van der Waals surface area contributed by atoms with E-state index in [1.807, 2.05) is 0 Å². The lowest BCUT2D eigenvalue weighted by Crippen LogP contribution is -2.34. The second-order valence-corrected chi connectivity index (χ2v) is 8.76. The third-order valence-corrected chi connectivity index (χ3v) is 7.05. The predicted molar refractivity (Wildman–Crippen MR) is 69.8 cm³/mol. The molecule has 1 rings (SSSR count). The highest BCUT2D eigenvalue weighted by Gasteiger charge is 2.45. The molecule has 88 valence electrons. The second-order valence-electron chi connectivity index (χ2n) is 4.84. The zero-order valence-electron chi connectivity index (χ0n) is 10.9. The molecule has 0 spiro atoms. The summed E-state index contributed by atoms with van der Waals surface area (Å²) in [6, 6.07) is 0. The van der Waals surface area contributed by atoms with Gasteiger partial charge < -0.3 is 0 Å². The molecule has 0 aliphatic heterocycles. The van der Waals surface area contributed by atoms with Gasteiger partial charge in [-0.2, -0.15) is 14.0 Å². The van der Waals surface area contributed by atoms with Gasteiger partial charge in [0.25, 0.3) is 7.71 Å². The molecule has 1 aliphatic carbocycles. The van der Waals surface area contributed by atoms with E-state index in [2.05, 4.69) is 68.2 Å². The Balaban J connectivity index is 2.89. The van der Waals surface area contributed by atoms with Gasteiger partial charge in [-0.1, -0.05) is 0 Å². The Kier molecular flexibility index (Phi) is 4.30. The molecule has 0 bridgehead atoms. The molecule has 1 fully saturated rings. The van der Waals surface area contributed by atoms with Crippen molar-refractivity contribution in [1.29, 1.82) is 0 Å². The van der Waals surface area contributed by atoms with Gasteiger partial charge in [0.1, 0.15) is 5.82 Å². The predicted octanol–water partition coefficient (Wildman–Crippen LogP) is 2.36. The second kappa shape index (κ2) is 4.92. The van der Waals surface area contributed by atoms with Gasteiger partial charge in [0.05, 0.1) is 0 Å². The summed E-state index contributed by atoms with van der Waals surface area (Å²) in [5, 5.41) is 0. The maximum absolute atomic E-state index is 2.44. The highest BCUT2D eigenvalue weighted by Crippen LogP contribution is 2.65. The fourth-order valence-corrected chi connectivity index (χ4v) is 5.42. The van der Waals surface area contributed by atoms with Crippen molar-refractivity contribution >= 4 is 7.71 Å². The van der Waals surface area contributed by atoms with Crippen LogP contribution in [0.3, 0.4) is 0 Å². The Morgan fingerprint density at radius 3 is 1.53 bits per heavy atom. The van der Waals surface area contributed by atoms with Crippen LogP contribution in [0.1, 0.15) is 12.8 Å². The lowest BCUT2D eigenvalue weighted by atomic mass is 10.4. The summed E-state index contributed by atoms with van der Waals surface area (Å²) in [5.74, 6) is 3.29. The van der Waals surface area contributed by atoms with Crippen molar-refractivity contribution in [2.45, 2.75) is 12.8 Å². The van der Waals surface area contributed by atoms with Crippen molar-refractivity contribution in [3.05, 3.63) is 11.9 Å². The Bertz CT molecular complexity index is 210. The zero-order valence-corrected chi connectivity index (χ0v) is 11.8. The molecule has 3 nitrogen and oxygen atoms in total. The minimum Gasteiger partial charge on any atom is -0.151 e. The van der Waals surface area contributed by atoms with Crippen molar-refractivity contribution in [3.63, 3.8) is 0 Å². The zero-order chi connectivity index (χ0) is 11.6. The monoisotopic (exact) mass is 230 g/mol. The fourth-order valence-electron chi connectivity index (χ4n) is 2.00. The van der Waals surface area contributed by atoms with Crippen LogP contribution in [0.15, 0.2) is 11.9 Å². The topological polar surface area (TPSA) is 9.72 Å². The molecule has 0 amide bonds. The first-order valence-electron chi connectivity index (χ1n) is 5.52. The smallest absolute Gasteiger partial charge is 0.151 e. The number of rotatable bonds is 5. The molecule has 0 saturated heterocycles. The molecule has 1 saturated carbocycles. The molecule has 0 aromatic heterocycles. The lowest BCUT2D eigenvalue weighted by molar-refractivity contribution is 0.471. The summed E-state index contributed by atoms with van der Waals surface area (Å²) >= 11 is 0. The van der Waals surface area contributed by atoms with Gasteiger partial charge in [-0.3, -0.25) is 0 Å². The minimum atomic E-state index is -1.41. The minimum absolute atomic E-state index is 0.851. The molecule has 0 atom stereocenters. The van der Waals surface area contributed by atoms with Crippen LogP contribution in [0.25, 0.3) is 0 Å². The summed E-state index contributed by atoms with van der Waals surface area (Å²) < 4.78 is 7.06. The van der Waals surface area contributed by atoms with Crippen LogP contribution in [0, 0.1) is 5.92 Å². The van der Waals surface area contributed by atoms with E-state index in [1.165, 1.54) is 12.8 Å². The van der Waals surface area contributed by atoms with Gasteiger partial charge in [-0.25, -0.2) is 0 Å². The van der Waals surface area contributed by atoms with E-state index in [4.69, 9.17) is 0 Å². The van der Waals surface area contributed by atoms with E-state index in [0.717, 1.165) is 5.92 Å². The van der Waals surface area contributed by atoms with Gasteiger partial charge in [0, 0.05) is 42.3 Å². The summed E-state index contributed by atoms with van der Waals surface area (Å²) in [7, 11) is 11.6. The van der Waals surface area contributed by atoms with Crippen LogP contribution >= 0.6 is 7.71 Å². The molecule has 0 heterocycles. The summed E-state index contributed by atoms with van der Waals surface area (Å²) in [5.41, 5.74) is 0. The molecular weight excluding hydrogens is 205 g/mol. The first kappa shape index (κ1) is 13.1. The van der Waals surface area contributed by atoms with Gasteiger partial charge in [0.2, 0.25) is 0 Å². The molecule has 0 aromatic rings. The van der Waals surface area contributed by atoms with E-state index in [9.17, 15) is 0 Å².